The van der Waals surface area contributed by atoms with Crippen LogP contribution in [0, 0.1) is 0 Å². The number of aliphatic hydroxyl groups is 1. The molecule has 204 valence electrons. The molecular formula is C27H36N6O4S. The van der Waals surface area contributed by atoms with Gasteiger partial charge in [0.15, 0.2) is 0 Å². The van der Waals surface area contributed by atoms with Crippen LogP contribution >= 0.6 is 11.3 Å². The Kier molecular flexibility index (Phi) is 7.26. The lowest BCUT2D eigenvalue weighted by molar-refractivity contribution is -0.126. The van der Waals surface area contributed by atoms with Gasteiger partial charge in [-0.1, -0.05) is 0 Å². The molecule has 1 aliphatic heterocycles. The molecule has 4 N–H and O–H groups in total. The number of primary amides is 1. The molecule has 2 aliphatic carbocycles. The first kappa shape index (κ1) is 25.5. The maximum absolute atomic E-state index is 11.6. The summed E-state index contributed by atoms with van der Waals surface area (Å²) < 4.78 is 14.1. The molecule has 6 rings (SSSR count). The number of nitrogens with zero attached hydrogens (tertiary/aromatic N) is 4. The number of fused-ring (bicyclic) bond motifs is 3. The maximum atomic E-state index is 11.6. The van der Waals surface area contributed by atoms with Gasteiger partial charge in [0.05, 0.1) is 36.6 Å². The fourth-order valence-corrected chi connectivity index (χ4v) is 7.55. The van der Waals surface area contributed by atoms with Crippen LogP contribution in [-0.4, -0.2) is 75.2 Å². The Hall–Kier alpha value is -2.73. The number of rotatable bonds is 8. The first-order valence-corrected chi connectivity index (χ1v) is 14.4. The van der Waals surface area contributed by atoms with E-state index in [2.05, 4.69) is 15.3 Å². The Bertz CT molecular complexity index is 1290. The van der Waals surface area contributed by atoms with Crippen molar-refractivity contribution in [2.75, 3.05) is 31.6 Å². The van der Waals surface area contributed by atoms with Crippen molar-refractivity contribution < 1.29 is 19.4 Å². The zero-order chi connectivity index (χ0) is 26.2. The average molecular weight is 541 g/mol. The summed E-state index contributed by atoms with van der Waals surface area (Å²) in [6.07, 6.45) is 9.04. The van der Waals surface area contributed by atoms with E-state index in [9.17, 15) is 9.90 Å². The van der Waals surface area contributed by atoms with Gasteiger partial charge >= 0.3 is 0 Å². The number of thiophene rings is 1. The Morgan fingerprint density at radius 1 is 1.29 bits per heavy atom. The van der Waals surface area contributed by atoms with Crippen molar-refractivity contribution in [3.05, 3.63) is 28.9 Å². The van der Waals surface area contributed by atoms with Crippen LogP contribution in [0.15, 0.2) is 18.5 Å². The molecule has 3 aliphatic rings. The van der Waals surface area contributed by atoms with E-state index in [0.29, 0.717) is 12.5 Å². The second-order valence-corrected chi connectivity index (χ2v) is 11.8. The lowest BCUT2D eigenvalue weighted by atomic mass is 9.91. The molecule has 1 amide bonds. The van der Waals surface area contributed by atoms with Crippen LogP contribution in [0.2, 0.25) is 0 Å². The normalized spacial score (nSPS) is 24.8. The third-order valence-electron chi connectivity index (χ3n) is 8.18. The predicted octanol–water partition coefficient (Wildman–Crippen LogP) is 3.06. The van der Waals surface area contributed by atoms with E-state index in [1.807, 2.05) is 19.3 Å². The molecule has 1 saturated heterocycles. The van der Waals surface area contributed by atoms with Gasteiger partial charge in [-0.25, -0.2) is 4.98 Å². The highest BCUT2D eigenvalue weighted by atomic mass is 32.1. The number of carbonyl (C=O) groups excluding carboxylic acids is 1. The maximum Gasteiger partial charge on any atom is 0.246 e. The molecule has 0 unspecified atom stereocenters. The van der Waals surface area contributed by atoms with Crippen LogP contribution in [0.1, 0.15) is 54.9 Å². The number of aryl methyl sites for hydroxylation is 2. The lowest BCUT2D eigenvalue weighted by Crippen LogP contribution is -2.46. The van der Waals surface area contributed by atoms with Gasteiger partial charge in [0.1, 0.15) is 22.5 Å². The topological polar surface area (TPSA) is 128 Å². The second-order valence-electron chi connectivity index (χ2n) is 10.7. The van der Waals surface area contributed by atoms with E-state index in [0.717, 1.165) is 92.3 Å². The number of pyridine rings is 1. The third kappa shape index (κ3) is 5.25. The van der Waals surface area contributed by atoms with Gasteiger partial charge in [-0.15, -0.1) is 11.3 Å². The van der Waals surface area contributed by atoms with E-state index in [1.54, 1.807) is 22.2 Å². The Labute approximate surface area is 226 Å². The summed E-state index contributed by atoms with van der Waals surface area (Å²) in [6, 6.07) is 2.60. The Balaban J connectivity index is 1.28. The van der Waals surface area contributed by atoms with E-state index < -0.39 is 12.0 Å². The van der Waals surface area contributed by atoms with E-state index in [1.165, 1.54) is 10.4 Å². The summed E-state index contributed by atoms with van der Waals surface area (Å²) in [4.78, 5) is 21.3. The molecule has 3 aromatic rings. The number of hydrogen-bond acceptors (Lipinski definition) is 9. The molecule has 2 atom stereocenters. The van der Waals surface area contributed by atoms with Crippen molar-refractivity contribution in [3.8, 4) is 5.75 Å². The number of anilines is 2. The minimum Gasteiger partial charge on any atom is -0.490 e. The number of ether oxygens (including phenoxy) is 2. The van der Waals surface area contributed by atoms with Crippen LogP contribution in [-0.2, 0) is 23.0 Å². The number of nitrogens with one attached hydrogen (secondary N) is 1. The van der Waals surface area contributed by atoms with Crippen molar-refractivity contribution in [3.63, 3.8) is 0 Å². The molecule has 11 heteroatoms. The van der Waals surface area contributed by atoms with Crippen LogP contribution in [0.4, 0.5) is 11.5 Å². The molecule has 0 radical (unpaired) electrons. The largest absolute Gasteiger partial charge is 0.490 e. The number of aromatic nitrogens is 3. The highest BCUT2D eigenvalue weighted by Gasteiger charge is 2.34. The highest BCUT2D eigenvalue weighted by molar-refractivity contribution is 7.19. The summed E-state index contributed by atoms with van der Waals surface area (Å²) in [7, 11) is 1.88. The van der Waals surface area contributed by atoms with Gasteiger partial charge in [0.25, 0.3) is 0 Å². The van der Waals surface area contributed by atoms with Crippen LogP contribution in [0.3, 0.4) is 0 Å². The molecule has 10 nitrogen and oxygen atoms in total. The van der Waals surface area contributed by atoms with Gasteiger partial charge in [0, 0.05) is 43.3 Å². The van der Waals surface area contributed by atoms with Crippen molar-refractivity contribution >= 4 is 39.0 Å². The lowest BCUT2D eigenvalue weighted by Gasteiger charge is -2.38. The van der Waals surface area contributed by atoms with Crippen molar-refractivity contribution in [2.45, 2.75) is 69.1 Å². The van der Waals surface area contributed by atoms with E-state index in [-0.39, 0.29) is 12.0 Å². The van der Waals surface area contributed by atoms with Gasteiger partial charge in [-0.3, -0.25) is 14.4 Å². The predicted molar refractivity (Wildman–Crippen MR) is 146 cm³/mol. The molecular weight excluding hydrogens is 504 g/mol. The molecule has 0 aromatic carbocycles. The smallest absolute Gasteiger partial charge is 0.246 e. The molecule has 38 heavy (non-hydrogen) atoms. The quantitative estimate of drug-likeness (QED) is 0.398. The van der Waals surface area contributed by atoms with Crippen LogP contribution in [0.25, 0.3) is 10.2 Å². The summed E-state index contributed by atoms with van der Waals surface area (Å²) in [5, 5.41) is 18.9. The van der Waals surface area contributed by atoms with Gasteiger partial charge in [-0.2, -0.15) is 5.10 Å². The summed E-state index contributed by atoms with van der Waals surface area (Å²) in [6.45, 7) is 3.69. The second kappa shape index (κ2) is 10.8. The van der Waals surface area contributed by atoms with Crippen molar-refractivity contribution in [2.24, 2.45) is 12.8 Å². The fraction of sp³-hybridized carbons (Fsp3) is 0.593. The molecule has 1 saturated carbocycles. The van der Waals surface area contributed by atoms with E-state index in [4.69, 9.17) is 20.2 Å². The van der Waals surface area contributed by atoms with Crippen LogP contribution in [0.5, 0.6) is 5.75 Å². The number of morpholine rings is 1. The zero-order valence-corrected chi connectivity index (χ0v) is 22.6. The summed E-state index contributed by atoms with van der Waals surface area (Å²) in [5.41, 5.74) is 7.42. The average Bonchev–Trinajstić information content (AvgIpc) is 3.60. The minimum atomic E-state index is -1.15. The van der Waals surface area contributed by atoms with Crippen LogP contribution < -0.4 is 15.8 Å². The zero-order valence-electron chi connectivity index (χ0n) is 21.8. The number of nitrogens with two attached hydrogens (primary N) is 1. The number of carbonyl (C=O) groups is 1. The van der Waals surface area contributed by atoms with Crippen molar-refractivity contribution in [1.29, 1.82) is 0 Å². The van der Waals surface area contributed by atoms with Crippen molar-refractivity contribution in [1.82, 2.24) is 19.7 Å². The number of aliphatic hydroxyl groups excluding tert-OH is 1. The number of hydrogen-bond donors (Lipinski definition) is 3. The fourth-order valence-electron chi connectivity index (χ4n) is 6.26. The van der Waals surface area contributed by atoms with E-state index >= 15 is 0 Å². The SMILES string of the molecule is Cn1cc(Nc2cc(OC3CCC(N4CCOCC4)CC3)c3c4c(sc3n2)CC[C@@H]4C[C@H](O)C(N)=O)cn1. The van der Waals surface area contributed by atoms with Gasteiger partial charge < -0.3 is 25.6 Å². The molecule has 2 fully saturated rings. The summed E-state index contributed by atoms with van der Waals surface area (Å²) >= 11 is 1.68. The molecule has 0 bridgehead atoms. The Morgan fingerprint density at radius 3 is 2.79 bits per heavy atom. The Morgan fingerprint density at radius 2 is 2.08 bits per heavy atom. The standard InChI is InChI=1S/C27H36N6O4S/c1-32-15-17(14-29-32)30-23-13-21(37-19-5-3-18(4-6-19)33-8-10-36-11-9-33)25-24-16(12-20(34)26(28)35)2-7-22(24)38-27(25)31-23/h13-16,18-20,34H,2-12H2,1H3,(H2,28,35)(H,30,31)/t16-,18?,19?,20+/m1/s1. The molecule has 4 heterocycles. The minimum absolute atomic E-state index is 0.0552. The monoisotopic (exact) mass is 540 g/mol. The summed E-state index contributed by atoms with van der Waals surface area (Å²) in [5.74, 6) is 0.928. The van der Waals surface area contributed by atoms with Gasteiger partial charge in [0.2, 0.25) is 5.91 Å². The number of amides is 1. The molecule has 3 aromatic heterocycles. The third-order valence-corrected chi connectivity index (χ3v) is 9.34. The first-order valence-electron chi connectivity index (χ1n) is 13.6. The molecule has 0 spiro atoms. The van der Waals surface area contributed by atoms with Gasteiger partial charge in [-0.05, 0) is 56.4 Å². The highest BCUT2D eigenvalue weighted by Crippen LogP contribution is 2.49. The first-order chi connectivity index (χ1) is 18.4.